The summed E-state index contributed by atoms with van der Waals surface area (Å²) < 4.78 is 17.0. The monoisotopic (exact) mass is 900 g/mol. The number of amides is 3. The molecule has 352 valence electrons. The van der Waals surface area contributed by atoms with Crippen LogP contribution in [-0.4, -0.2) is 114 Å². The maximum atomic E-state index is 14.8. The zero-order valence-corrected chi connectivity index (χ0v) is 39.8. The van der Waals surface area contributed by atoms with Crippen molar-refractivity contribution < 1.29 is 48.1 Å². The lowest BCUT2D eigenvalue weighted by atomic mass is 9.82. The van der Waals surface area contributed by atoms with Crippen LogP contribution in [0.5, 0.6) is 5.75 Å². The molecule has 3 N–H and O–H groups in total. The number of likely N-dealkylation sites (N-methyl/N-ethyl adjacent to an activating group) is 1. The van der Waals surface area contributed by atoms with Crippen molar-refractivity contribution in [3.63, 3.8) is 0 Å². The van der Waals surface area contributed by atoms with Gasteiger partial charge in [0, 0.05) is 55.7 Å². The van der Waals surface area contributed by atoms with Gasteiger partial charge < -0.3 is 34.9 Å². The number of aromatic nitrogens is 1. The summed E-state index contributed by atoms with van der Waals surface area (Å²) in [7, 11) is 1.97. The first kappa shape index (κ1) is 52.9. The van der Waals surface area contributed by atoms with Gasteiger partial charge in [0.2, 0.25) is 5.91 Å². The number of carbonyl (C=O) groups is 6. The highest BCUT2D eigenvalue weighted by molar-refractivity contribution is 7.09. The van der Waals surface area contributed by atoms with E-state index in [1.807, 2.05) is 48.6 Å². The van der Waals surface area contributed by atoms with E-state index in [1.54, 1.807) is 41.5 Å². The fourth-order valence-electron chi connectivity index (χ4n) is 7.92. The molecule has 0 radical (unpaired) electrons. The first-order chi connectivity index (χ1) is 30.0. The number of hydrogen-bond acceptors (Lipinski definition) is 13. The number of thiazole rings is 1. The van der Waals surface area contributed by atoms with Gasteiger partial charge in [-0.3, -0.25) is 28.9 Å². The summed E-state index contributed by atoms with van der Waals surface area (Å²) in [6, 6.07) is 5.32. The predicted molar refractivity (Wildman–Crippen MR) is 242 cm³/mol. The number of alkyl carbamates (subject to hydrolysis) is 1. The Bertz CT molecular complexity index is 1770. The fraction of sp³-hybridized carbons (Fsp3) is 0.681. The van der Waals surface area contributed by atoms with Crippen molar-refractivity contribution in [1.29, 1.82) is 0 Å². The van der Waals surface area contributed by atoms with E-state index in [1.165, 1.54) is 6.92 Å². The standard InChI is InChI=1S/C47H73N5O10S/c1-10-21-60-29-52(46(58)37(31(6)12-3)25-41(55)39-15-13-14-20-51(39)9)40(30(4)5)26-43(62-33(8)53)45-50-38(28-63-45)44(57)49-35(24-34-16-18-36(54)19-17-34)23-32(7)42(56)27-48-47(59)61-22-11-2/h16-19,28,30-32,35,37,39-40,43,54H,10-15,20-27,29H2,1-9H3,(H,48,59)(H,49,57)/t31?,32-,35+,37-,39+,40-,43+/m0/s1. The van der Waals surface area contributed by atoms with Crippen LogP contribution in [-0.2, 0) is 39.8 Å². The summed E-state index contributed by atoms with van der Waals surface area (Å²) in [6.07, 6.45) is 4.19. The average Bonchev–Trinajstić information content (AvgIpc) is 3.75. The number of carbonyl (C=O) groups excluding carboxylic acids is 6. The number of nitrogens with one attached hydrogen (secondary N) is 2. The summed E-state index contributed by atoms with van der Waals surface area (Å²) in [5.41, 5.74) is 0.904. The maximum absolute atomic E-state index is 14.8. The molecule has 1 saturated heterocycles. The van der Waals surface area contributed by atoms with Crippen molar-refractivity contribution in [3.8, 4) is 5.75 Å². The molecule has 0 aliphatic carbocycles. The lowest BCUT2D eigenvalue weighted by molar-refractivity contribution is -0.154. The van der Waals surface area contributed by atoms with Gasteiger partial charge in [-0.05, 0) is 81.6 Å². The highest BCUT2D eigenvalue weighted by Gasteiger charge is 2.39. The van der Waals surface area contributed by atoms with E-state index in [4.69, 9.17) is 14.2 Å². The van der Waals surface area contributed by atoms with E-state index in [9.17, 15) is 33.9 Å². The third-order valence-corrected chi connectivity index (χ3v) is 12.8. The normalized spacial score (nSPS) is 17.1. The number of benzene rings is 1. The van der Waals surface area contributed by atoms with E-state index in [2.05, 4.69) is 20.5 Å². The molecule has 1 unspecified atom stereocenters. The molecule has 2 aromatic rings. The van der Waals surface area contributed by atoms with Crippen LogP contribution >= 0.6 is 11.3 Å². The van der Waals surface area contributed by atoms with E-state index < -0.39 is 48.0 Å². The molecule has 2 heterocycles. The average molecular weight is 900 g/mol. The summed E-state index contributed by atoms with van der Waals surface area (Å²) in [6.45, 7) is 16.2. The molecule has 1 fully saturated rings. The Labute approximate surface area is 378 Å². The first-order valence-corrected chi connectivity index (χ1v) is 23.6. The smallest absolute Gasteiger partial charge is 0.407 e. The minimum absolute atomic E-state index is 0.000638. The topological polar surface area (TPSA) is 194 Å². The van der Waals surface area contributed by atoms with Gasteiger partial charge in [0.25, 0.3) is 5.91 Å². The van der Waals surface area contributed by atoms with Gasteiger partial charge in [-0.25, -0.2) is 9.78 Å². The third-order valence-electron chi connectivity index (χ3n) is 11.8. The van der Waals surface area contributed by atoms with E-state index in [-0.39, 0.29) is 85.9 Å². The van der Waals surface area contributed by atoms with Gasteiger partial charge in [-0.2, -0.15) is 0 Å². The zero-order valence-electron chi connectivity index (χ0n) is 39.0. The largest absolute Gasteiger partial charge is 0.508 e. The van der Waals surface area contributed by atoms with Gasteiger partial charge in [-0.1, -0.05) is 73.4 Å². The fourth-order valence-corrected chi connectivity index (χ4v) is 8.76. The predicted octanol–water partition coefficient (Wildman–Crippen LogP) is 7.26. The minimum atomic E-state index is -0.913. The zero-order chi connectivity index (χ0) is 46.6. The van der Waals surface area contributed by atoms with Crippen molar-refractivity contribution in [2.75, 3.05) is 40.1 Å². The van der Waals surface area contributed by atoms with E-state index in [0.29, 0.717) is 30.9 Å². The highest BCUT2D eigenvalue weighted by Crippen LogP contribution is 2.34. The molecular weight excluding hydrogens is 827 g/mol. The van der Waals surface area contributed by atoms with Gasteiger partial charge in [0.05, 0.1) is 19.2 Å². The Morgan fingerprint density at radius 3 is 2.30 bits per heavy atom. The molecule has 0 spiro atoms. The second-order valence-corrected chi connectivity index (χ2v) is 18.2. The molecule has 15 nitrogen and oxygen atoms in total. The van der Waals surface area contributed by atoms with Crippen molar-refractivity contribution in [2.45, 2.75) is 144 Å². The van der Waals surface area contributed by atoms with Crippen molar-refractivity contribution in [3.05, 3.63) is 45.9 Å². The van der Waals surface area contributed by atoms with E-state index >= 15 is 0 Å². The van der Waals surface area contributed by atoms with Crippen molar-refractivity contribution >= 4 is 46.8 Å². The summed E-state index contributed by atoms with van der Waals surface area (Å²) in [5, 5.41) is 17.3. The minimum Gasteiger partial charge on any atom is -0.508 e. The van der Waals surface area contributed by atoms with Crippen LogP contribution in [0.4, 0.5) is 4.79 Å². The summed E-state index contributed by atoms with van der Waals surface area (Å²) in [5.74, 6) is -2.62. The van der Waals surface area contributed by atoms with Crippen LogP contribution < -0.4 is 10.6 Å². The molecule has 3 rings (SSSR count). The second-order valence-electron chi connectivity index (χ2n) is 17.3. The SMILES string of the molecule is CCCOCN(C(=O)[C@@H](CC(=O)[C@H]1CCCCN1C)C(C)CC)[C@@H](C[C@@H](OC(C)=O)c1nc(C(=O)N[C@@H](Cc2ccc(O)cc2)C[C@H](C)C(=O)CNC(=O)OCCC)cs1)C(C)C. The number of aromatic hydroxyl groups is 1. The number of ketones is 2. The number of ether oxygens (including phenoxy) is 3. The lowest BCUT2D eigenvalue weighted by Crippen LogP contribution is -2.50. The van der Waals surface area contributed by atoms with Crippen molar-refractivity contribution in [2.24, 2.45) is 23.7 Å². The molecule has 1 aliphatic heterocycles. The van der Waals surface area contributed by atoms with E-state index in [0.717, 1.165) is 49.1 Å². The number of rotatable bonds is 27. The van der Waals surface area contributed by atoms with Crippen LogP contribution in [0.2, 0.25) is 0 Å². The number of likely N-dealkylation sites (tertiary alicyclic amines) is 1. The number of phenols is 1. The first-order valence-electron chi connectivity index (χ1n) is 22.7. The molecule has 0 saturated carbocycles. The van der Waals surface area contributed by atoms with Gasteiger partial charge in [0.1, 0.15) is 23.2 Å². The van der Waals surface area contributed by atoms with Gasteiger partial charge >= 0.3 is 12.1 Å². The Kier molecular flexibility index (Phi) is 22.7. The van der Waals surface area contributed by atoms with Gasteiger partial charge in [0.15, 0.2) is 17.7 Å². The van der Waals surface area contributed by atoms with Crippen LogP contribution in [0.3, 0.4) is 0 Å². The molecule has 1 aromatic heterocycles. The van der Waals surface area contributed by atoms with Gasteiger partial charge in [-0.15, -0.1) is 11.3 Å². The second kappa shape index (κ2) is 27.0. The lowest BCUT2D eigenvalue weighted by Gasteiger charge is -2.39. The molecule has 0 bridgehead atoms. The number of phenolic OH excluding ortho intramolecular Hbond substituents is 1. The Morgan fingerprint density at radius 1 is 0.984 bits per heavy atom. The van der Waals surface area contributed by atoms with Crippen LogP contribution in [0.1, 0.15) is 140 Å². The number of nitrogens with zero attached hydrogens (tertiary/aromatic N) is 3. The summed E-state index contributed by atoms with van der Waals surface area (Å²) in [4.78, 5) is 88.7. The highest BCUT2D eigenvalue weighted by atomic mass is 32.1. The molecule has 63 heavy (non-hydrogen) atoms. The molecule has 1 aliphatic rings. The molecular formula is C47H73N5O10S. The number of hydrogen-bond donors (Lipinski definition) is 3. The quantitative estimate of drug-likeness (QED) is 0.0463. The third kappa shape index (κ3) is 17.2. The molecule has 7 atom stereocenters. The number of Topliss-reactive ketones (excluding diaryl/α,β-unsaturated/α-hetero) is 2. The molecule has 3 amide bonds. The molecule has 1 aromatic carbocycles. The summed E-state index contributed by atoms with van der Waals surface area (Å²) >= 11 is 1.16. The Morgan fingerprint density at radius 2 is 1.68 bits per heavy atom. The Hall–Kier alpha value is -4.41. The number of esters is 1. The van der Waals surface area contributed by atoms with Crippen LogP contribution in [0.15, 0.2) is 29.6 Å². The maximum Gasteiger partial charge on any atom is 0.407 e. The van der Waals surface area contributed by atoms with Crippen LogP contribution in [0, 0.1) is 23.7 Å². The van der Waals surface area contributed by atoms with Crippen molar-refractivity contribution in [1.82, 2.24) is 25.4 Å². The molecule has 16 heteroatoms. The Balaban J connectivity index is 1.89. The van der Waals surface area contributed by atoms with Crippen LogP contribution in [0.25, 0.3) is 0 Å². The number of piperidine rings is 1.